The number of hydrogen-bond donors (Lipinski definition) is 1. The van der Waals surface area contributed by atoms with Crippen molar-refractivity contribution in [1.29, 1.82) is 0 Å². The van der Waals surface area contributed by atoms with Gasteiger partial charge in [-0.2, -0.15) is 17.5 Å². The number of aromatic carboxylic acids is 1. The van der Waals surface area contributed by atoms with E-state index in [4.69, 9.17) is 9.84 Å². The number of carboxylic acid groups (broad SMARTS) is 1. The number of carboxylic acids is 1. The Hall–Kier alpha value is -1.81. The first-order chi connectivity index (χ1) is 11.1. The lowest BCUT2D eigenvalue weighted by molar-refractivity contribution is -0.182. The van der Waals surface area contributed by atoms with Crippen LogP contribution in [0.4, 0.5) is 13.2 Å². The van der Waals surface area contributed by atoms with Crippen LogP contribution in [0.5, 0.6) is 5.75 Å². The highest BCUT2D eigenvalue weighted by molar-refractivity contribution is 7.89. The van der Waals surface area contributed by atoms with Gasteiger partial charge in [-0.05, 0) is 31.0 Å². The van der Waals surface area contributed by atoms with Crippen LogP contribution in [0.1, 0.15) is 23.2 Å². The maximum Gasteiger partial charge on any atom is 0.393 e. The average molecular weight is 367 g/mol. The van der Waals surface area contributed by atoms with Crippen molar-refractivity contribution in [3.63, 3.8) is 0 Å². The summed E-state index contributed by atoms with van der Waals surface area (Å²) in [6.45, 7) is -0.748. The van der Waals surface area contributed by atoms with Crippen LogP contribution in [0, 0.1) is 5.92 Å². The van der Waals surface area contributed by atoms with E-state index in [1.165, 1.54) is 13.2 Å². The van der Waals surface area contributed by atoms with Gasteiger partial charge in [-0.1, -0.05) is 0 Å². The van der Waals surface area contributed by atoms with Crippen LogP contribution in [-0.2, 0) is 10.0 Å². The molecule has 1 saturated heterocycles. The van der Waals surface area contributed by atoms with Gasteiger partial charge in [0.1, 0.15) is 10.6 Å². The van der Waals surface area contributed by atoms with Crippen LogP contribution in [0.25, 0.3) is 0 Å². The van der Waals surface area contributed by atoms with Crippen molar-refractivity contribution in [2.24, 2.45) is 5.92 Å². The zero-order chi connectivity index (χ0) is 18.1. The lowest BCUT2D eigenvalue weighted by atomic mass is 9.99. The number of sulfonamides is 1. The van der Waals surface area contributed by atoms with Crippen molar-refractivity contribution < 1.29 is 36.2 Å². The molecule has 1 aliphatic heterocycles. The highest BCUT2D eigenvalue weighted by Crippen LogP contribution is 2.36. The minimum atomic E-state index is -4.48. The molecule has 0 saturated carbocycles. The number of piperidine rings is 1. The monoisotopic (exact) mass is 367 g/mol. The molecule has 1 aromatic carbocycles. The summed E-state index contributed by atoms with van der Waals surface area (Å²) in [6, 6.07) is 3.23. The maximum atomic E-state index is 12.9. The molecule has 0 aliphatic carbocycles. The molecule has 10 heteroatoms. The molecule has 134 valence electrons. The van der Waals surface area contributed by atoms with Crippen molar-refractivity contribution >= 4 is 16.0 Å². The first kappa shape index (κ1) is 18.5. The molecule has 0 radical (unpaired) electrons. The van der Waals surface area contributed by atoms with Crippen molar-refractivity contribution in [3.8, 4) is 5.75 Å². The fourth-order valence-corrected chi connectivity index (χ4v) is 4.28. The summed E-state index contributed by atoms with van der Waals surface area (Å²) < 4.78 is 69.8. The summed E-state index contributed by atoms with van der Waals surface area (Å²) in [4.78, 5) is 10.6. The second kappa shape index (κ2) is 6.60. The number of hydrogen-bond acceptors (Lipinski definition) is 4. The third-order valence-electron chi connectivity index (χ3n) is 3.88. The molecular formula is C14H16F3NO5S. The molecule has 1 N–H and O–H groups in total. The smallest absolute Gasteiger partial charge is 0.393 e. The molecular weight excluding hydrogens is 351 g/mol. The summed E-state index contributed by atoms with van der Waals surface area (Å²) in [5.41, 5.74) is -0.293. The van der Waals surface area contributed by atoms with Gasteiger partial charge in [0.2, 0.25) is 10.0 Å². The molecule has 0 aromatic heterocycles. The Bertz CT molecular complexity index is 732. The van der Waals surface area contributed by atoms with Gasteiger partial charge in [0.05, 0.1) is 18.6 Å². The van der Waals surface area contributed by atoms with Crippen molar-refractivity contribution in [2.45, 2.75) is 23.9 Å². The number of halogens is 3. The molecule has 6 nitrogen and oxygen atoms in total. The Morgan fingerprint density at radius 2 is 2.04 bits per heavy atom. The number of ether oxygens (including phenoxy) is 1. The van der Waals surface area contributed by atoms with E-state index in [0.29, 0.717) is 0 Å². The van der Waals surface area contributed by atoms with E-state index in [-0.39, 0.29) is 30.7 Å². The maximum absolute atomic E-state index is 12.9. The second-order valence-corrected chi connectivity index (χ2v) is 7.32. The summed E-state index contributed by atoms with van der Waals surface area (Å²) in [6.07, 6.45) is -4.55. The summed E-state index contributed by atoms with van der Waals surface area (Å²) in [5, 5.41) is 9.00. The van der Waals surface area contributed by atoms with Gasteiger partial charge in [-0.15, -0.1) is 0 Å². The quantitative estimate of drug-likeness (QED) is 0.883. The summed E-state index contributed by atoms with van der Waals surface area (Å²) in [7, 11) is -3.11. The number of nitrogens with zero attached hydrogens (tertiary/aromatic N) is 1. The molecule has 1 fully saturated rings. The second-order valence-electron chi connectivity index (χ2n) is 5.41. The van der Waals surface area contributed by atoms with Crippen molar-refractivity contribution in [3.05, 3.63) is 23.8 Å². The molecule has 2 rings (SSSR count). The Labute approximate surface area is 136 Å². The largest absolute Gasteiger partial charge is 0.495 e. The highest BCUT2D eigenvalue weighted by Gasteiger charge is 2.44. The van der Waals surface area contributed by atoms with Crippen LogP contribution in [0.2, 0.25) is 0 Å². The Kier molecular flexibility index (Phi) is 5.09. The average Bonchev–Trinajstić information content (AvgIpc) is 2.53. The van der Waals surface area contributed by atoms with Gasteiger partial charge in [0.25, 0.3) is 0 Å². The lowest BCUT2D eigenvalue weighted by Gasteiger charge is -2.33. The van der Waals surface area contributed by atoms with Crippen LogP contribution in [0.3, 0.4) is 0 Å². The van der Waals surface area contributed by atoms with E-state index >= 15 is 0 Å². The Morgan fingerprint density at radius 3 is 2.58 bits per heavy atom. The third-order valence-corrected chi connectivity index (χ3v) is 5.76. The van der Waals surface area contributed by atoms with Crippen molar-refractivity contribution in [2.75, 3.05) is 20.2 Å². The van der Waals surface area contributed by atoms with E-state index in [9.17, 15) is 26.4 Å². The van der Waals surface area contributed by atoms with E-state index in [0.717, 1.165) is 16.4 Å². The molecule has 1 heterocycles. The van der Waals surface area contributed by atoms with Crippen LogP contribution >= 0.6 is 0 Å². The lowest BCUT2D eigenvalue weighted by Crippen LogP contribution is -2.44. The van der Waals surface area contributed by atoms with Gasteiger partial charge >= 0.3 is 12.1 Å². The zero-order valence-corrected chi connectivity index (χ0v) is 13.5. The zero-order valence-electron chi connectivity index (χ0n) is 12.7. The van der Waals surface area contributed by atoms with Gasteiger partial charge in [-0.3, -0.25) is 0 Å². The molecule has 0 amide bonds. The molecule has 1 aliphatic rings. The SMILES string of the molecule is COc1ccc(C(=O)O)cc1S(=O)(=O)N1CCC[C@@H](C(F)(F)F)C1. The third kappa shape index (κ3) is 3.64. The molecule has 24 heavy (non-hydrogen) atoms. The summed E-state index contributed by atoms with van der Waals surface area (Å²) in [5.74, 6) is -3.20. The number of benzene rings is 1. The number of rotatable bonds is 4. The van der Waals surface area contributed by atoms with E-state index in [1.54, 1.807) is 0 Å². The first-order valence-corrected chi connectivity index (χ1v) is 8.49. The number of alkyl halides is 3. The predicted molar refractivity (Wildman–Crippen MR) is 77.5 cm³/mol. The standard InChI is InChI=1S/C14H16F3NO5S/c1-23-11-5-4-9(13(19)20)7-12(11)24(21,22)18-6-2-3-10(8-18)14(15,16)17/h4-5,7,10H,2-3,6,8H2,1H3,(H,19,20)/t10-/m1/s1. The summed E-state index contributed by atoms with van der Waals surface area (Å²) >= 11 is 0. The van der Waals surface area contributed by atoms with Gasteiger partial charge in [0, 0.05) is 13.1 Å². The van der Waals surface area contributed by atoms with Gasteiger partial charge in [-0.25, -0.2) is 13.2 Å². The Balaban J connectivity index is 2.43. The minimum absolute atomic E-state index is 0.0602. The fourth-order valence-electron chi connectivity index (χ4n) is 2.58. The molecule has 1 aromatic rings. The fraction of sp³-hybridized carbons (Fsp3) is 0.500. The molecule has 0 unspecified atom stereocenters. The highest BCUT2D eigenvalue weighted by atomic mass is 32.2. The topological polar surface area (TPSA) is 83.9 Å². The van der Waals surface area contributed by atoms with E-state index < -0.39 is 39.5 Å². The van der Waals surface area contributed by atoms with Crippen LogP contribution in [-0.4, -0.2) is 50.2 Å². The molecule has 1 atom stereocenters. The Morgan fingerprint density at radius 1 is 1.38 bits per heavy atom. The molecule has 0 bridgehead atoms. The predicted octanol–water partition coefficient (Wildman–Crippen LogP) is 2.36. The number of carbonyl (C=O) groups is 1. The van der Waals surface area contributed by atoms with E-state index in [2.05, 4.69) is 0 Å². The first-order valence-electron chi connectivity index (χ1n) is 7.05. The number of methoxy groups -OCH3 is 1. The van der Waals surface area contributed by atoms with Crippen LogP contribution in [0.15, 0.2) is 23.1 Å². The molecule has 0 spiro atoms. The minimum Gasteiger partial charge on any atom is -0.495 e. The van der Waals surface area contributed by atoms with Gasteiger partial charge < -0.3 is 9.84 Å². The normalized spacial score (nSPS) is 19.9. The van der Waals surface area contributed by atoms with Crippen molar-refractivity contribution in [1.82, 2.24) is 4.31 Å². The van der Waals surface area contributed by atoms with Crippen LogP contribution < -0.4 is 4.74 Å². The van der Waals surface area contributed by atoms with Gasteiger partial charge in [0.15, 0.2) is 0 Å². The van der Waals surface area contributed by atoms with E-state index in [1.807, 2.05) is 0 Å².